The second-order valence-electron chi connectivity index (χ2n) is 3.31. The molecule has 0 spiro atoms. The van der Waals surface area contributed by atoms with E-state index < -0.39 is 0 Å². The molecule has 82 valence electrons. The Kier molecular flexibility index (Phi) is 2.95. The average Bonchev–Trinajstić information content (AvgIpc) is 2.28. The molecule has 0 saturated carbocycles. The summed E-state index contributed by atoms with van der Waals surface area (Å²) in [6, 6.07) is 6.36. The first-order valence-electron chi connectivity index (χ1n) is 4.79. The number of halogens is 1. The Morgan fingerprint density at radius 3 is 3.00 bits per heavy atom. The topological polar surface area (TPSA) is 63.8 Å². The molecule has 0 aliphatic heterocycles. The fourth-order valence-corrected chi connectivity index (χ4v) is 1.32. The number of rotatable bonds is 3. The van der Waals surface area contributed by atoms with Crippen LogP contribution in [0, 0.1) is 5.82 Å². The van der Waals surface area contributed by atoms with E-state index in [1.807, 2.05) is 6.07 Å². The highest BCUT2D eigenvalue weighted by molar-refractivity contribution is 5.58. The Morgan fingerprint density at radius 1 is 1.38 bits per heavy atom. The minimum Gasteiger partial charge on any atom is -0.394 e. The van der Waals surface area contributed by atoms with Gasteiger partial charge in [-0.1, -0.05) is 12.1 Å². The third kappa shape index (κ3) is 2.44. The van der Waals surface area contributed by atoms with Crippen molar-refractivity contribution in [1.29, 1.82) is 0 Å². The number of hydrogen-bond donors (Lipinski definition) is 2. The molecule has 0 atom stereocenters. The van der Waals surface area contributed by atoms with Crippen LogP contribution in [0.25, 0.3) is 0 Å². The van der Waals surface area contributed by atoms with Gasteiger partial charge in [-0.05, 0) is 17.7 Å². The Balaban J connectivity index is 2.05. The number of anilines is 2. The Labute approximate surface area is 92.3 Å². The zero-order chi connectivity index (χ0) is 11.4. The molecule has 0 fully saturated rings. The maximum absolute atomic E-state index is 12.9. The van der Waals surface area contributed by atoms with E-state index in [1.165, 1.54) is 24.7 Å². The van der Waals surface area contributed by atoms with Crippen molar-refractivity contribution >= 4 is 11.5 Å². The molecule has 0 bridgehead atoms. The number of hydrogen-bond acceptors (Lipinski definition) is 4. The summed E-state index contributed by atoms with van der Waals surface area (Å²) in [4.78, 5) is 7.75. The largest absolute Gasteiger partial charge is 0.394 e. The maximum atomic E-state index is 12.9. The molecule has 0 amide bonds. The van der Waals surface area contributed by atoms with Gasteiger partial charge in [0.05, 0.1) is 11.9 Å². The molecule has 0 radical (unpaired) electrons. The van der Waals surface area contributed by atoms with Gasteiger partial charge < -0.3 is 11.1 Å². The molecular formula is C11H11FN4. The first kappa shape index (κ1) is 10.4. The first-order chi connectivity index (χ1) is 7.75. The van der Waals surface area contributed by atoms with Crippen LogP contribution >= 0.6 is 0 Å². The number of benzene rings is 1. The van der Waals surface area contributed by atoms with Crippen molar-refractivity contribution in [2.24, 2.45) is 0 Å². The van der Waals surface area contributed by atoms with Crippen LogP contribution in [0.4, 0.5) is 15.9 Å². The van der Waals surface area contributed by atoms with Crippen LogP contribution in [0.1, 0.15) is 5.56 Å². The fraction of sp³-hybridized carbons (Fsp3) is 0.0909. The smallest absolute Gasteiger partial charge is 0.152 e. The lowest BCUT2D eigenvalue weighted by molar-refractivity contribution is 0.626. The first-order valence-corrected chi connectivity index (χ1v) is 4.79. The minimum atomic E-state index is -0.255. The van der Waals surface area contributed by atoms with Gasteiger partial charge in [-0.25, -0.2) is 14.4 Å². The number of aromatic nitrogens is 2. The third-order valence-corrected chi connectivity index (χ3v) is 2.09. The molecule has 3 N–H and O–H groups in total. The summed E-state index contributed by atoms with van der Waals surface area (Å²) < 4.78 is 12.9. The van der Waals surface area contributed by atoms with Crippen LogP contribution in [-0.2, 0) is 6.54 Å². The molecule has 0 aliphatic carbocycles. The van der Waals surface area contributed by atoms with E-state index in [-0.39, 0.29) is 5.82 Å². The predicted molar refractivity (Wildman–Crippen MR) is 60.2 cm³/mol. The van der Waals surface area contributed by atoms with Crippen molar-refractivity contribution < 1.29 is 4.39 Å². The van der Waals surface area contributed by atoms with E-state index in [2.05, 4.69) is 15.3 Å². The van der Waals surface area contributed by atoms with Gasteiger partial charge in [-0.2, -0.15) is 0 Å². The van der Waals surface area contributed by atoms with Gasteiger partial charge in [0.2, 0.25) is 0 Å². The number of nitrogen functional groups attached to an aromatic ring is 1. The molecule has 0 saturated heterocycles. The molecule has 0 unspecified atom stereocenters. The molecule has 1 aromatic carbocycles. The molecule has 16 heavy (non-hydrogen) atoms. The van der Waals surface area contributed by atoms with E-state index in [9.17, 15) is 4.39 Å². The molecule has 2 rings (SSSR count). The number of nitrogens with two attached hydrogens (primary N) is 1. The van der Waals surface area contributed by atoms with E-state index in [0.29, 0.717) is 18.1 Å². The van der Waals surface area contributed by atoms with Gasteiger partial charge in [0.1, 0.15) is 12.1 Å². The van der Waals surface area contributed by atoms with E-state index in [4.69, 9.17) is 5.73 Å². The lowest BCUT2D eigenvalue weighted by atomic mass is 10.2. The standard InChI is InChI=1S/C11H11FN4/c12-9-3-1-2-8(4-9)5-15-11-10(13)6-14-7-16-11/h1-4,6-7H,5,13H2,(H,14,15,16). The van der Waals surface area contributed by atoms with Crippen molar-refractivity contribution in [2.75, 3.05) is 11.1 Å². The van der Waals surface area contributed by atoms with Gasteiger partial charge in [0.15, 0.2) is 5.82 Å². The quantitative estimate of drug-likeness (QED) is 0.824. The average molecular weight is 218 g/mol. The molecular weight excluding hydrogens is 207 g/mol. The molecule has 1 heterocycles. The molecule has 0 aliphatic rings. The summed E-state index contributed by atoms with van der Waals surface area (Å²) in [6.07, 6.45) is 2.92. The van der Waals surface area contributed by atoms with Gasteiger partial charge in [-0.3, -0.25) is 0 Å². The van der Waals surface area contributed by atoms with Crippen molar-refractivity contribution in [3.63, 3.8) is 0 Å². The van der Waals surface area contributed by atoms with Gasteiger partial charge in [0, 0.05) is 6.54 Å². The van der Waals surface area contributed by atoms with Gasteiger partial charge >= 0.3 is 0 Å². The molecule has 2 aromatic rings. The number of nitrogens with one attached hydrogen (secondary N) is 1. The second-order valence-corrected chi connectivity index (χ2v) is 3.31. The zero-order valence-electron chi connectivity index (χ0n) is 8.52. The van der Waals surface area contributed by atoms with Crippen molar-refractivity contribution in [3.8, 4) is 0 Å². The minimum absolute atomic E-state index is 0.255. The predicted octanol–water partition coefficient (Wildman–Crippen LogP) is 1.81. The summed E-state index contributed by atoms with van der Waals surface area (Å²) in [6.45, 7) is 0.471. The van der Waals surface area contributed by atoms with E-state index in [1.54, 1.807) is 6.07 Å². The van der Waals surface area contributed by atoms with Crippen LogP contribution in [-0.4, -0.2) is 9.97 Å². The highest BCUT2D eigenvalue weighted by atomic mass is 19.1. The van der Waals surface area contributed by atoms with Crippen molar-refractivity contribution in [3.05, 3.63) is 48.2 Å². The lowest BCUT2D eigenvalue weighted by Crippen LogP contribution is -2.04. The van der Waals surface area contributed by atoms with E-state index >= 15 is 0 Å². The Morgan fingerprint density at radius 2 is 2.25 bits per heavy atom. The zero-order valence-corrected chi connectivity index (χ0v) is 8.52. The van der Waals surface area contributed by atoms with Crippen LogP contribution in [0.3, 0.4) is 0 Å². The Bertz CT molecular complexity index is 487. The van der Waals surface area contributed by atoms with E-state index in [0.717, 1.165) is 5.56 Å². The summed E-state index contributed by atoms with van der Waals surface area (Å²) in [5.41, 5.74) is 6.96. The highest BCUT2D eigenvalue weighted by Gasteiger charge is 2.00. The Hall–Kier alpha value is -2.17. The van der Waals surface area contributed by atoms with Crippen LogP contribution in [0.2, 0.25) is 0 Å². The summed E-state index contributed by atoms with van der Waals surface area (Å²) in [5.74, 6) is 0.300. The monoisotopic (exact) mass is 218 g/mol. The normalized spacial score (nSPS) is 10.1. The third-order valence-electron chi connectivity index (χ3n) is 2.09. The summed E-state index contributed by atoms with van der Waals surface area (Å²) >= 11 is 0. The SMILES string of the molecule is Nc1cncnc1NCc1cccc(F)c1. The van der Waals surface area contributed by atoms with Gasteiger partial charge in [0.25, 0.3) is 0 Å². The van der Waals surface area contributed by atoms with Crippen LogP contribution < -0.4 is 11.1 Å². The summed E-state index contributed by atoms with van der Waals surface area (Å²) in [7, 11) is 0. The maximum Gasteiger partial charge on any atom is 0.152 e. The highest BCUT2D eigenvalue weighted by Crippen LogP contribution is 2.13. The number of nitrogens with zero attached hydrogens (tertiary/aromatic N) is 2. The van der Waals surface area contributed by atoms with Crippen LogP contribution in [0.15, 0.2) is 36.8 Å². The molecule has 4 nitrogen and oxygen atoms in total. The molecule has 1 aromatic heterocycles. The summed E-state index contributed by atoms with van der Waals surface area (Å²) in [5, 5.41) is 3.01. The fourth-order valence-electron chi connectivity index (χ4n) is 1.32. The van der Waals surface area contributed by atoms with Crippen molar-refractivity contribution in [1.82, 2.24) is 9.97 Å². The van der Waals surface area contributed by atoms with Gasteiger partial charge in [-0.15, -0.1) is 0 Å². The molecule has 5 heteroatoms. The van der Waals surface area contributed by atoms with Crippen molar-refractivity contribution in [2.45, 2.75) is 6.54 Å². The second kappa shape index (κ2) is 4.57. The lowest BCUT2D eigenvalue weighted by Gasteiger charge is -2.07. The van der Waals surface area contributed by atoms with Crippen LogP contribution in [0.5, 0.6) is 0 Å².